The number of rotatable bonds is 1. The molecule has 0 fully saturated rings. The van der Waals surface area contributed by atoms with Crippen molar-refractivity contribution in [2.75, 3.05) is 5.73 Å². The van der Waals surface area contributed by atoms with Crippen LogP contribution in [-0.4, -0.2) is 10.1 Å². The minimum absolute atomic E-state index is 0.253. The van der Waals surface area contributed by atoms with Crippen LogP contribution in [0.2, 0.25) is 0 Å². The van der Waals surface area contributed by atoms with Crippen LogP contribution >= 0.6 is 11.3 Å². The second kappa shape index (κ2) is 3.99. The number of phenols is 1. The topological polar surface area (TPSA) is 59.1 Å². The van der Waals surface area contributed by atoms with E-state index in [9.17, 15) is 5.11 Å². The molecule has 0 unspecified atom stereocenters. The number of para-hydroxylation sites is 1. The second-order valence-electron chi connectivity index (χ2n) is 4.22. The SMILES string of the molecule is Cc1cc(N)cc(-c2nc3ccccc3s2)c1O. The monoisotopic (exact) mass is 256 g/mol. The number of phenolic OH excluding ortho intramolecular Hbond substituents is 1. The van der Waals surface area contributed by atoms with Crippen molar-refractivity contribution in [1.82, 2.24) is 4.98 Å². The van der Waals surface area contributed by atoms with Crippen LogP contribution in [0.4, 0.5) is 5.69 Å². The van der Waals surface area contributed by atoms with Crippen LogP contribution in [0.1, 0.15) is 5.56 Å². The largest absolute Gasteiger partial charge is 0.507 e. The molecule has 1 heterocycles. The van der Waals surface area contributed by atoms with Gasteiger partial charge in [0.05, 0.1) is 15.8 Å². The van der Waals surface area contributed by atoms with Crippen molar-refractivity contribution in [3.63, 3.8) is 0 Å². The fourth-order valence-electron chi connectivity index (χ4n) is 1.96. The third-order valence-corrected chi connectivity index (χ3v) is 3.92. The minimum atomic E-state index is 0.253. The number of hydrogen-bond donors (Lipinski definition) is 2. The number of nitrogens with zero attached hydrogens (tertiary/aromatic N) is 1. The van der Waals surface area contributed by atoms with Crippen molar-refractivity contribution in [2.45, 2.75) is 6.92 Å². The normalized spacial score (nSPS) is 10.9. The van der Waals surface area contributed by atoms with Gasteiger partial charge in [-0.2, -0.15) is 0 Å². The van der Waals surface area contributed by atoms with E-state index >= 15 is 0 Å². The first kappa shape index (κ1) is 11.0. The number of benzene rings is 2. The maximum Gasteiger partial charge on any atom is 0.128 e. The van der Waals surface area contributed by atoms with Crippen molar-refractivity contribution in [3.8, 4) is 16.3 Å². The minimum Gasteiger partial charge on any atom is -0.507 e. The van der Waals surface area contributed by atoms with E-state index in [4.69, 9.17) is 5.73 Å². The van der Waals surface area contributed by atoms with Gasteiger partial charge in [0.1, 0.15) is 10.8 Å². The molecule has 3 nitrogen and oxygen atoms in total. The van der Waals surface area contributed by atoms with E-state index in [2.05, 4.69) is 4.98 Å². The molecule has 0 bridgehead atoms. The highest BCUT2D eigenvalue weighted by molar-refractivity contribution is 7.21. The van der Waals surface area contributed by atoms with Gasteiger partial charge in [-0.05, 0) is 36.8 Å². The molecule has 0 saturated heterocycles. The summed E-state index contributed by atoms with van der Waals surface area (Å²) in [6.07, 6.45) is 0. The van der Waals surface area contributed by atoms with Crippen molar-refractivity contribution >= 4 is 27.2 Å². The lowest BCUT2D eigenvalue weighted by Crippen LogP contribution is -1.89. The van der Waals surface area contributed by atoms with Crippen LogP contribution in [0.25, 0.3) is 20.8 Å². The summed E-state index contributed by atoms with van der Waals surface area (Å²) in [4.78, 5) is 4.53. The summed E-state index contributed by atoms with van der Waals surface area (Å²) in [5.74, 6) is 0.253. The third-order valence-electron chi connectivity index (χ3n) is 2.85. The van der Waals surface area contributed by atoms with Crippen LogP contribution < -0.4 is 5.73 Å². The smallest absolute Gasteiger partial charge is 0.128 e. The van der Waals surface area contributed by atoms with Crippen LogP contribution in [0.5, 0.6) is 5.75 Å². The Morgan fingerprint density at radius 2 is 2.00 bits per heavy atom. The summed E-state index contributed by atoms with van der Waals surface area (Å²) in [5, 5.41) is 10.9. The Morgan fingerprint density at radius 1 is 1.22 bits per heavy atom. The third kappa shape index (κ3) is 1.71. The molecule has 3 rings (SSSR count). The highest BCUT2D eigenvalue weighted by Crippen LogP contribution is 2.38. The predicted octanol–water partition coefficient (Wildman–Crippen LogP) is 3.56. The van der Waals surface area contributed by atoms with Crippen molar-refractivity contribution in [2.24, 2.45) is 0 Å². The standard InChI is InChI=1S/C14H12N2OS/c1-8-6-9(15)7-10(13(8)17)14-16-11-4-2-3-5-12(11)18-14/h2-7,17H,15H2,1H3. The zero-order valence-electron chi connectivity index (χ0n) is 9.84. The first-order valence-corrected chi connectivity index (χ1v) is 6.42. The summed E-state index contributed by atoms with van der Waals surface area (Å²) in [6, 6.07) is 11.4. The highest BCUT2D eigenvalue weighted by Gasteiger charge is 2.12. The number of aryl methyl sites for hydroxylation is 1. The Kier molecular flexibility index (Phi) is 2.45. The van der Waals surface area contributed by atoms with Gasteiger partial charge in [0.2, 0.25) is 0 Å². The lowest BCUT2D eigenvalue weighted by Gasteiger charge is -2.05. The molecule has 0 spiro atoms. The number of thiazole rings is 1. The molecule has 4 heteroatoms. The van der Waals surface area contributed by atoms with Gasteiger partial charge < -0.3 is 10.8 Å². The Labute approximate surface area is 109 Å². The van der Waals surface area contributed by atoms with Gasteiger partial charge in [-0.25, -0.2) is 4.98 Å². The van der Waals surface area contributed by atoms with E-state index in [1.54, 1.807) is 23.5 Å². The summed E-state index contributed by atoms with van der Waals surface area (Å²) in [5.41, 5.74) is 8.88. The van der Waals surface area contributed by atoms with Crippen molar-refractivity contribution in [1.29, 1.82) is 0 Å². The Balaban J connectivity index is 2.26. The zero-order valence-corrected chi connectivity index (χ0v) is 10.7. The summed E-state index contributed by atoms with van der Waals surface area (Å²) >= 11 is 1.56. The summed E-state index contributed by atoms with van der Waals surface area (Å²) in [6.45, 7) is 1.84. The predicted molar refractivity (Wildman–Crippen MR) is 75.9 cm³/mol. The Bertz CT molecular complexity index is 701. The Hall–Kier alpha value is -2.07. The molecular formula is C14H12N2OS. The van der Waals surface area contributed by atoms with Gasteiger partial charge in [-0.1, -0.05) is 12.1 Å². The van der Waals surface area contributed by atoms with E-state index in [0.717, 1.165) is 20.8 Å². The maximum absolute atomic E-state index is 10.1. The molecule has 0 aliphatic heterocycles. The van der Waals surface area contributed by atoms with Gasteiger partial charge >= 0.3 is 0 Å². The molecule has 3 aromatic rings. The molecule has 90 valence electrons. The lowest BCUT2D eigenvalue weighted by atomic mass is 10.1. The number of anilines is 1. The van der Waals surface area contributed by atoms with E-state index in [0.29, 0.717) is 11.3 Å². The molecule has 0 aliphatic carbocycles. The molecule has 0 amide bonds. The van der Waals surface area contributed by atoms with Crippen LogP contribution in [0, 0.1) is 6.92 Å². The van der Waals surface area contributed by atoms with Gasteiger partial charge in [0.25, 0.3) is 0 Å². The quantitative estimate of drug-likeness (QED) is 0.517. The van der Waals surface area contributed by atoms with Crippen LogP contribution in [0.3, 0.4) is 0 Å². The summed E-state index contributed by atoms with van der Waals surface area (Å²) in [7, 11) is 0. The molecule has 1 aromatic heterocycles. The lowest BCUT2D eigenvalue weighted by molar-refractivity contribution is 0.473. The fourth-order valence-corrected chi connectivity index (χ4v) is 2.94. The first-order valence-electron chi connectivity index (χ1n) is 5.60. The van der Waals surface area contributed by atoms with Crippen molar-refractivity contribution in [3.05, 3.63) is 42.0 Å². The molecule has 2 aromatic carbocycles. The molecule has 0 saturated carbocycles. The van der Waals surface area contributed by atoms with Gasteiger partial charge in [0.15, 0.2) is 0 Å². The molecule has 0 atom stereocenters. The molecular weight excluding hydrogens is 244 g/mol. The first-order chi connectivity index (χ1) is 8.65. The van der Waals surface area contributed by atoms with Crippen molar-refractivity contribution < 1.29 is 5.11 Å². The number of aromatic hydroxyl groups is 1. The number of nitrogen functional groups attached to an aromatic ring is 1. The fraction of sp³-hybridized carbons (Fsp3) is 0.0714. The molecule has 0 radical (unpaired) electrons. The van der Waals surface area contributed by atoms with E-state index in [1.165, 1.54) is 0 Å². The van der Waals surface area contributed by atoms with Gasteiger partial charge in [-0.3, -0.25) is 0 Å². The van der Waals surface area contributed by atoms with Crippen LogP contribution in [-0.2, 0) is 0 Å². The maximum atomic E-state index is 10.1. The number of nitrogens with two attached hydrogens (primary N) is 1. The average Bonchev–Trinajstić information content (AvgIpc) is 2.77. The summed E-state index contributed by atoms with van der Waals surface area (Å²) < 4.78 is 1.10. The van der Waals surface area contributed by atoms with Gasteiger partial charge in [0, 0.05) is 5.69 Å². The highest BCUT2D eigenvalue weighted by atomic mass is 32.1. The second-order valence-corrected chi connectivity index (χ2v) is 5.25. The van der Waals surface area contributed by atoms with E-state index in [-0.39, 0.29) is 5.75 Å². The average molecular weight is 256 g/mol. The molecule has 3 N–H and O–H groups in total. The van der Waals surface area contributed by atoms with Gasteiger partial charge in [-0.15, -0.1) is 11.3 Å². The molecule has 0 aliphatic rings. The van der Waals surface area contributed by atoms with Crippen LogP contribution in [0.15, 0.2) is 36.4 Å². The molecule has 18 heavy (non-hydrogen) atoms. The number of aromatic nitrogens is 1. The van der Waals surface area contributed by atoms with E-state index in [1.807, 2.05) is 31.2 Å². The Morgan fingerprint density at radius 3 is 2.78 bits per heavy atom. The number of fused-ring (bicyclic) bond motifs is 1. The number of hydrogen-bond acceptors (Lipinski definition) is 4. The zero-order chi connectivity index (χ0) is 12.7. The van der Waals surface area contributed by atoms with E-state index < -0.39 is 0 Å².